The first-order valence-corrected chi connectivity index (χ1v) is 29.8. The molecule has 8 rings (SSSR count). The fourth-order valence-corrected chi connectivity index (χ4v) is 22.8. The monoisotopic (exact) mass is 992 g/mol. The van der Waals surface area contributed by atoms with Crippen molar-refractivity contribution in [2.45, 2.75) is 193 Å². The van der Waals surface area contributed by atoms with Crippen LogP contribution in [0.4, 0.5) is 0 Å². The fraction of sp³-hybridized carbons (Fsp3) is 0.644. The fourth-order valence-electron chi connectivity index (χ4n) is 14.5. The van der Waals surface area contributed by atoms with Gasteiger partial charge in [-0.2, -0.15) is 0 Å². The molecule has 6 saturated carbocycles. The van der Waals surface area contributed by atoms with Crippen LogP contribution in [0, 0.1) is 84.5 Å². The van der Waals surface area contributed by atoms with E-state index in [4.69, 9.17) is 9.96 Å². The van der Waals surface area contributed by atoms with E-state index in [0.29, 0.717) is 0 Å². The van der Waals surface area contributed by atoms with E-state index in [1.807, 2.05) is 19.1 Å². The molecule has 0 bridgehead atoms. The van der Waals surface area contributed by atoms with Crippen LogP contribution in [0.25, 0.3) is 9.96 Å². The van der Waals surface area contributed by atoms with Gasteiger partial charge in [-0.25, -0.2) is 0 Å². The molecule has 0 amide bonds. The van der Waals surface area contributed by atoms with Gasteiger partial charge in [0.2, 0.25) is 0 Å². The Hall–Kier alpha value is -0.298. The average Bonchev–Trinajstić information content (AvgIpc) is 3.94. The molecule has 365 valence electrons. The van der Waals surface area contributed by atoms with Crippen molar-refractivity contribution in [3.63, 3.8) is 0 Å². The minimum atomic E-state index is -1.61. The number of nitrogens with zero attached hydrogens (tertiary/aromatic N) is 2. The molecule has 0 saturated heterocycles. The molecule has 12 atom stereocenters. The van der Waals surface area contributed by atoms with Gasteiger partial charge in [-0.15, -0.1) is 11.1 Å². The molecule has 65 heavy (non-hydrogen) atoms. The summed E-state index contributed by atoms with van der Waals surface area (Å²) in [5.74, 6) is 9.42. The average molecular weight is 992 g/mol. The third-order valence-corrected chi connectivity index (χ3v) is 23.4. The Balaban J connectivity index is -0.000000963. The van der Waals surface area contributed by atoms with Gasteiger partial charge in [0.05, 0.1) is 0 Å². The molecule has 1 radical (unpaired) electrons. The van der Waals surface area contributed by atoms with Crippen LogP contribution in [0.1, 0.15) is 156 Å². The van der Waals surface area contributed by atoms with Crippen LogP contribution < -0.4 is 0 Å². The Kier molecular flexibility index (Phi) is 30.9. The maximum Gasteiger partial charge on any atom is 4.00 e. The molecule has 0 spiro atoms. The summed E-state index contributed by atoms with van der Waals surface area (Å²) in [4.78, 5) is 10.9. The van der Waals surface area contributed by atoms with Gasteiger partial charge in [0.25, 0.3) is 0 Å². The van der Waals surface area contributed by atoms with Crippen molar-refractivity contribution >= 4 is 16.5 Å². The second-order valence-electron chi connectivity index (χ2n) is 22.9. The zero-order chi connectivity index (χ0) is 41.2. The minimum absolute atomic E-state index is 0. The van der Waals surface area contributed by atoms with Crippen LogP contribution in [-0.4, -0.2) is 27.5 Å². The number of fused-ring (bicyclic) bond motifs is 4. The molecule has 0 aliphatic heterocycles. The van der Waals surface area contributed by atoms with E-state index >= 15 is 0 Å². The Morgan fingerprint density at radius 3 is 1.06 bits per heavy atom. The van der Waals surface area contributed by atoms with Gasteiger partial charge in [0.15, 0.2) is 0 Å². The maximum atomic E-state index is 5.47. The van der Waals surface area contributed by atoms with E-state index in [9.17, 15) is 0 Å². The molecule has 6 heteroatoms. The summed E-state index contributed by atoms with van der Waals surface area (Å²) in [6.07, 6.45) is 23.4. The van der Waals surface area contributed by atoms with Crippen LogP contribution in [0.3, 0.4) is 0 Å². The zero-order valence-corrected chi connectivity index (χ0v) is 49.6. The molecule has 2 nitrogen and oxygen atoms in total. The molecular formula is C59H103N2Si2Ti2. The molecular weight excluding hydrogens is 889 g/mol. The predicted molar refractivity (Wildman–Crippen MR) is 294 cm³/mol. The predicted octanol–water partition coefficient (Wildman–Crippen LogP) is 19.4. The quantitative estimate of drug-likeness (QED) is 0.150. The molecule has 0 heterocycles. The summed E-state index contributed by atoms with van der Waals surface area (Å²) < 4.78 is 0. The van der Waals surface area contributed by atoms with Crippen molar-refractivity contribution in [3.05, 3.63) is 144 Å². The van der Waals surface area contributed by atoms with Crippen molar-refractivity contribution in [1.82, 2.24) is 0 Å². The molecule has 0 aromatic heterocycles. The minimum Gasteiger partial charge on any atom is -0.660 e. The first-order chi connectivity index (χ1) is 26.9. The van der Waals surface area contributed by atoms with Crippen molar-refractivity contribution < 1.29 is 43.4 Å². The molecule has 2 aromatic carbocycles. The van der Waals surface area contributed by atoms with Crippen molar-refractivity contribution in [3.8, 4) is 0 Å². The van der Waals surface area contributed by atoms with Gasteiger partial charge in [-0.3, -0.25) is 0 Å². The van der Waals surface area contributed by atoms with Crippen LogP contribution in [-0.2, 0) is 43.4 Å². The van der Waals surface area contributed by atoms with Crippen molar-refractivity contribution in [2.75, 3.05) is 0 Å². The number of hydrogen-bond donors (Lipinski definition) is 0. The van der Waals surface area contributed by atoms with Gasteiger partial charge in [0, 0.05) is 0 Å². The normalized spacial score (nSPS) is 30.6. The third kappa shape index (κ3) is 17.5. The van der Waals surface area contributed by atoms with Gasteiger partial charge < -0.3 is 47.1 Å². The van der Waals surface area contributed by atoms with Crippen LogP contribution >= 0.6 is 0 Å². The first kappa shape index (κ1) is 69.0. The van der Waals surface area contributed by atoms with E-state index in [1.165, 1.54) is 77.0 Å². The van der Waals surface area contributed by atoms with Crippen LogP contribution in [0.15, 0.2) is 85.5 Å². The second kappa shape index (κ2) is 29.1. The Morgan fingerprint density at radius 1 is 0.523 bits per heavy atom. The molecule has 6 aliphatic rings. The summed E-state index contributed by atoms with van der Waals surface area (Å²) in [6, 6.07) is 23.0. The Morgan fingerprint density at radius 2 is 0.815 bits per heavy atom. The largest absolute Gasteiger partial charge is 4.00 e. The number of benzene rings is 2. The van der Waals surface area contributed by atoms with Crippen LogP contribution in [0.2, 0.25) is 37.3 Å². The number of rotatable bonds is 7. The summed E-state index contributed by atoms with van der Waals surface area (Å²) in [5, 5.41) is 0. The summed E-state index contributed by atoms with van der Waals surface area (Å²) in [5.41, 5.74) is 5.20. The molecule has 6 fully saturated rings. The van der Waals surface area contributed by atoms with E-state index in [2.05, 4.69) is 135 Å². The molecule has 6 aliphatic carbocycles. The SMILES string of the molecule is C.C=C/C=C/C.CC(C)(C)[N-][Si](C)(C)C1CC(c2ccccc2)C2CC3CCCC3CC21.CC(C)(C)[N-][Si](C)(C)C1CC(c2ccccc2)C2CC3CCCC3CC21.[CH3-].[CH3-].[CH3-].[CH3-].[CH3-].[Ti+3].[Ti+4]. The summed E-state index contributed by atoms with van der Waals surface area (Å²) in [6.45, 7) is 29.5. The van der Waals surface area contributed by atoms with Crippen molar-refractivity contribution in [2.24, 2.45) is 47.3 Å². The summed E-state index contributed by atoms with van der Waals surface area (Å²) in [7, 11) is -3.22. The summed E-state index contributed by atoms with van der Waals surface area (Å²) >= 11 is 0. The Bertz CT molecular complexity index is 1490. The maximum absolute atomic E-state index is 5.47. The molecule has 2 aromatic rings. The number of allylic oxidation sites excluding steroid dienone is 3. The van der Waals surface area contributed by atoms with Gasteiger partial charge in [-0.1, -0.05) is 227 Å². The van der Waals surface area contributed by atoms with Gasteiger partial charge >= 0.3 is 43.4 Å². The third-order valence-electron chi connectivity index (χ3n) is 16.0. The second-order valence-corrected chi connectivity index (χ2v) is 31.4. The molecule has 0 N–H and O–H groups in total. The number of hydrogen-bond acceptors (Lipinski definition) is 0. The van der Waals surface area contributed by atoms with E-state index < -0.39 is 16.5 Å². The topological polar surface area (TPSA) is 28.2 Å². The Labute approximate surface area is 440 Å². The zero-order valence-electron chi connectivity index (χ0n) is 44.5. The van der Waals surface area contributed by atoms with Crippen molar-refractivity contribution in [1.29, 1.82) is 0 Å². The van der Waals surface area contributed by atoms with Gasteiger partial charge in [-0.05, 0) is 116 Å². The van der Waals surface area contributed by atoms with Gasteiger partial charge in [0.1, 0.15) is 0 Å². The molecule has 12 unspecified atom stereocenters. The smallest absolute Gasteiger partial charge is 0.660 e. The van der Waals surface area contributed by atoms with Crippen LogP contribution in [0.5, 0.6) is 0 Å². The van der Waals surface area contributed by atoms with E-state index in [-0.39, 0.29) is 99.1 Å². The standard InChI is InChI=1S/2C24H38NSi.C5H8.CH4.5CH3.2Ti/c2*1-24(2,3)25-26(4,5)23-16-20(17-10-7-6-8-11-17)21-14-18-12-9-13-19(18)15-22(21)23;1-3-5-4-2;;;;;;;;/h2*6-8,10-11,18-23H,9,12-16H2,1-5H3;3-5H,1H2,2H3;1H4;5*1H3;;/q2*-1;;;5*-1;+3;+4/b;;5-4+;;;;;;;;. The van der Waals surface area contributed by atoms with E-state index in [1.54, 1.807) is 17.2 Å². The van der Waals surface area contributed by atoms with E-state index in [0.717, 1.165) is 70.3 Å². The first-order valence-electron chi connectivity index (χ1n) is 23.7.